The summed E-state index contributed by atoms with van der Waals surface area (Å²) in [5, 5.41) is 4.81. The van der Waals surface area contributed by atoms with Crippen LogP contribution in [-0.2, 0) is 16.1 Å². The summed E-state index contributed by atoms with van der Waals surface area (Å²) in [6, 6.07) is 19.3. The molecular weight excluding hydrogens is 392 g/mol. The molecule has 1 fully saturated rings. The number of ether oxygens (including phenoxy) is 1. The maximum atomic E-state index is 13.2. The van der Waals surface area contributed by atoms with Crippen molar-refractivity contribution in [2.24, 2.45) is 0 Å². The highest BCUT2D eigenvalue weighted by Gasteiger charge is 2.36. The normalized spacial score (nSPS) is 15.7. The van der Waals surface area contributed by atoms with Crippen molar-refractivity contribution in [2.75, 3.05) is 20.7 Å². The van der Waals surface area contributed by atoms with Crippen LogP contribution in [0.1, 0.15) is 18.4 Å². The number of hydrogen-bond donors (Lipinski definition) is 0. The number of nitrogens with zero attached hydrogens (tertiary/aromatic N) is 4. The van der Waals surface area contributed by atoms with Crippen LogP contribution in [0.4, 0.5) is 4.79 Å². The first-order valence-electron chi connectivity index (χ1n) is 10.4. The first-order valence-corrected chi connectivity index (χ1v) is 10.4. The molecule has 1 unspecified atom stereocenters. The number of aromatic nitrogens is 2. The highest BCUT2D eigenvalue weighted by atomic mass is 16.5. The fourth-order valence-electron chi connectivity index (χ4n) is 4.02. The van der Waals surface area contributed by atoms with Crippen LogP contribution >= 0.6 is 0 Å². The summed E-state index contributed by atoms with van der Waals surface area (Å²) in [7, 11) is 3.11. The van der Waals surface area contributed by atoms with E-state index in [1.54, 1.807) is 11.9 Å². The summed E-state index contributed by atoms with van der Waals surface area (Å²) in [5.41, 5.74) is 3.71. The number of hydrogen-bond acceptors (Lipinski definition) is 4. The predicted octanol–water partition coefficient (Wildman–Crippen LogP) is 3.73. The minimum atomic E-state index is -0.484. The van der Waals surface area contributed by atoms with Crippen LogP contribution in [0, 0.1) is 0 Å². The molecule has 1 aliphatic rings. The molecule has 7 nitrogen and oxygen atoms in total. The molecule has 1 saturated heterocycles. The van der Waals surface area contributed by atoms with Crippen LogP contribution < -0.4 is 0 Å². The second-order valence-electron chi connectivity index (χ2n) is 7.66. The molecule has 0 aliphatic carbocycles. The fourth-order valence-corrected chi connectivity index (χ4v) is 4.02. The lowest BCUT2D eigenvalue weighted by Crippen LogP contribution is -2.46. The molecule has 2 amide bonds. The Morgan fingerprint density at radius 3 is 2.45 bits per heavy atom. The summed E-state index contributed by atoms with van der Waals surface area (Å²) >= 11 is 0. The number of rotatable bonds is 5. The van der Waals surface area contributed by atoms with Gasteiger partial charge in [0, 0.05) is 37.5 Å². The smallest absolute Gasteiger partial charge is 0.410 e. The van der Waals surface area contributed by atoms with Crippen LogP contribution in [-0.4, -0.2) is 58.3 Å². The van der Waals surface area contributed by atoms with Gasteiger partial charge in [-0.2, -0.15) is 5.10 Å². The molecular formula is C24H26N4O3. The third-order valence-corrected chi connectivity index (χ3v) is 5.59. The van der Waals surface area contributed by atoms with Crippen LogP contribution in [0.5, 0.6) is 0 Å². The van der Waals surface area contributed by atoms with Crippen molar-refractivity contribution >= 4 is 12.0 Å². The number of methoxy groups -OCH3 is 1. The van der Waals surface area contributed by atoms with E-state index in [0.717, 1.165) is 28.9 Å². The van der Waals surface area contributed by atoms with Crippen molar-refractivity contribution in [2.45, 2.75) is 25.4 Å². The third kappa shape index (κ3) is 4.30. The zero-order valence-corrected chi connectivity index (χ0v) is 17.8. The van der Waals surface area contributed by atoms with Gasteiger partial charge in [-0.15, -0.1) is 0 Å². The molecule has 0 radical (unpaired) electrons. The summed E-state index contributed by atoms with van der Waals surface area (Å²) in [4.78, 5) is 28.4. The maximum Gasteiger partial charge on any atom is 0.410 e. The van der Waals surface area contributed by atoms with Crippen molar-refractivity contribution in [1.82, 2.24) is 19.6 Å². The number of likely N-dealkylation sites (N-methyl/N-ethyl adjacent to an activating group) is 1. The van der Waals surface area contributed by atoms with Gasteiger partial charge in [-0.3, -0.25) is 9.69 Å². The van der Waals surface area contributed by atoms with E-state index < -0.39 is 12.1 Å². The zero-order chi connectivity index (χ0) is 21.8. The molecule has 1 atom stereocenters. The van der Waals surface area contributed by atoms with Crippen LogP contribution in [0.2, 0.25) is 0 Å². The van der Waals surface area contributed by atoms with Crippen LogP contribution in [0.3, 0.4) is 0 Å². The van der Waals surface area contributed by atoms with Gasteiger partial charge in [-0.25, -0.2) is 9.48 Å². The Kier molecular flexibility index (Phi) is 6.02. The molecule has 4 rings (SSSR count). The Morgan fingerprint density at radius 1 is 1.10 bits per heavy atom. The van der Waals surface area contributed by atoms with E-state index in [9.17, 15) is 9.59 Å². The van der Waals surface area contributed by atoms with Gasteiger partial charge in [0.15, 0.2) is 0 Å². The quantitative estimate of drug-likeness (QED) is 0.633. The second-order valence-corrected chi connectivity index (χ2v) is 7.66. The van der Waals surface area contributed by atoms with Crippen molar-refractivity contribution in [3.63, 3.8) is 0 Å². The average molecular weight is 418 g/mol. The van der Waals surface area contributed by atoms with Crippen molar-refractivity contribution in [1.29, 1.82) is 0 Å². The van der Waals surface area contributed by atoms with E-state index in [1.165, 1.54) is 12.0 Å². The van der Waals surface area contributed by atoms with Gasteiger partial charge in [-0.05, 0) is 25.0 Å². The second kappa shape index (κ2) is 9.04. The first kappa shape index (κ1) is 20.7. The van der Waals surface area contributed by atoms with E-state index in [4.69, 9.17) is 9.84 Å². The average Bonchev–Trinajstić information content (AvgIpc) is 3.47. The van der Waals surface area contributed by atoms with E-state index >= 15 is 0 Å². The molecule has 0 bridgehead atoms. The van der Waals surface area contributed by atoms with Crippen molar-refractivity contribution < 1.29 is 14.3 Å². The first-order chi connectivity index (χ1) is 15.1. The molecule has 0 N–H and O–H groups in total. The van der Waals surface area contributed by atoms with E-state index in [1.807, 2.05) is 71.5 Å². The zero-order valence-electron chi connectivity index (χ0n) is 17.8. The van der Waals surface area contributed by atoms with Crippen molar-refractivity contribution in [3.05, 3.63) is 72.4 Å². The van der Waals surface area contributed by atoms with Gasteiger partial charge in [-0.1, -0.05) is 48.5 Å². The molecule has 1 aliphatic heterocycles. The number of benzene rings is 2. The number of carbonyl (C=O) groups excluding carboxylic acids is 2. The minimum Gasteiger partial charge on any atom is -0.453 e. The SMILES string of the molecule is COC(=O)N1CCCC1C(=O)N(C)Cc1cn(-c2ccccc2)nc1-c1ccccc1. The minimum absolute atomic E-state index is 0.0885. The number of amides is 2. The summed E-state index contributed by atoms with van der Waals surface area (Å²) < 4.78 is 6.68. The number of carbonyl (C=O) groups is 2. The Balaban J connectivity index is 1.62. The van der Waals surface area contributed by atoms with Crippen LogP contribution in [0.25, 0.3) is 16.9 Å². The van der Waals surface area contributed by atoms with E-state index in [-0.39, 0.29) is 5.91 Å². The fraction of sp³-hybridized carbons (Fsp3) is 0.292. The maximum absolute atomic E-state index is 13.2. The molecule has 31 heavy (non-hydrogen) atoms. The van der Waals surface area contributed by atoms with Gasteiger partial charge in [0.1, 0.15) is 6.04 Å². The van der Waals surface area contributed by atoms with Gasteiger partial charge in [0.05, 0.1) is 18.5 Å². The number of likely N-dealkylation sites (tertiary alicyclic amines) is 1. The Bertz CT molecular complexity index is 1050. The van der Waals surface area contributed by atoms with E-state index in [0.29, 0.717) is 19.5 Å². The summed E-state index contributed by atoms with van der Waals surface area (Å²) in [6.07, 6.45) is 2.95. The lowest BCUT2D eigenvalue weighted by molar-refractivity contribution is -0.134. The van der Waals surface area contributed by atoms with Gasteiger partial charge < -0.3 is 9.64 Å². The molecule has 0 spiro atoms. The Labute approximate surface area is 181 Å². The topological polar surface area (TPSA) is 67.7 Å². The highest BCUT2D eigenvalue weighted by molar-refractivity contribution is 5.86. The van der Waals surface area contributed by atoms with Crippen molar-refractivity contribution in [3.8, 4) is 16.9 Å². The molecule has 3 aromatic rings. The molecule has 7 heteroatoms. The largest absolute Gasteiger partial charge is 0.453 e. The van der Waals surface area contributed by atoms with Crippen LogP contribution in [0.15, 0.2) is 66.9 Å². The molecule has 1 aromatic heterocycles. The monoisotopic (exact) mass is 418 g/mol. The third-order valence-electron chi connectivity index (χ3n) is 5.59. The molecule has 2 aromatic carbocycles. The molecule has 0 saturated carbocycles. The molecule has 2 heterocycles. The van der Waals surface area contributed by atoms with Gasteiger partial charge >= 0.3 is 6.09 Å². The highest BCUT2D eigenvalue weighted by Crippen LogP contribution is 2.26. The predicted molar refractivity (Wildman–Crippen MR) is 118 cm³/mol. The lowest BCUT2D eigenvalue weighted by Gasteiger charge is -2.27. The van der Waals surface area contributed by atoms with Gasteiger partial charge in [0.2, 0.25) is 5.91 Å². The Morgan fingerprint density at radius 2 is 1.77 bits per heavy atom. The summed E-state index contributed by atoms with van der Waals surface area (Å²) in [6.45, 7) is 0.930. The lowest BCUT2D eigenvalue weighted by atomic mass is 10.1. The van der Waals surface area contributed by atoms with Gasteiger partial charge in [0.25, 0.3) is 0 Å². The standard InChI is InChI=1S/C24H26N4O3/c1-26(23(29)21-14-9-15-27(21)24(30)31-2)16-19-17-28(20-12-7-4-8-13-20)25-22(19)18-10-5-3-6-11-18/h3-8,10-13,17,21H,9,14-16H2,1-2H3. The molecule has 160 valence electrons. The summed E-state index contributed by atoms with van der Waals surface area (Å²) in [5.74, 6) is -0.0885. The Hall–Kier alpha value is -3.61. The van der Waals surface area contributed by atoms with E-state index in [2.05, 4.69) is 0 Å². The number of para-hydroxylation sites is 1.